The average molecular weight is 446 g/mol. The maximum atomic E-state index is 14.8. The molecule has 0 spiro atoms. The second kappa shape index (κ2) is 10.4. The van der Waals surface area contributed by atoms with Gasteiger partial charge in [0.2, 0.25) is 0 Å². The van der Waals surface area contributed by atoms with Crippen LogP contribution in [0, 0.1) is 29.3 Å². The lowest BCUT2D eigenvalue weighted by Crippen LogP contribution is -2.34. The van der Waals surface area contributed by atoms with Crippen LogP contribution >= 0.6 is 0 Å². The Balaban J connectivity index is 0.00000341. The van der Waals surface area contributed by atoms with Crippen LogP contribution in [0.4, 0.5) is 26.7 Å². The number of hydrogen-bond donors (Lipinski definition) is 0. The largest absolute Gasteiger partial charge is 0.491 e. The predicted octanol–water partition coefficient (Wildman–Crippen LogP) is 7.72. The minimum Gasteiger partial charge on any atom is -0.491 e. The number of ether oxygens (including phenoxy) is 1. The zero-order chi connectivity index (χ0) is 21.9. The second-order valence-electron chi connectivity index (χ2n) is 8.23. The van der Waals surface area contributed by atoms with Gasteiger partial charge in [0.15, 0.2) is 17.4 Å². The van der Waals surface area contributed by atoms with Gasteiger partial charge in [0.05, 0.1) is 7.11 Å². The quantitative estimate of drug-likeness (QED) is 0.396. The van der Waals surface area contributed by atoms with Crippen LogP contribution in [0.2, 0.25) is 0 Å². The number of methoxy groups -OCH3 is 1. The molecule has 1 aliphatic carbocycles. The Bertz CT molecular complexity index is 851. The molecule has 172 valence electrons. The van der Waals surface area contributed by atoms with E-state index >= 15 is 0 Å². The first kappa shape index (κ1) is 25.1. The van der Waals surface area contributed by atoms with E-state index in [1.54, 1.807) is 0 Å². The molecular formula is C24H28F6O. The Morgan fingerprint density at radius 1 is 0.935 bits per heavy atom. The highest BCUT2D eigenvalue weighted by Gasteiger charge is 2.41. The number of hydrogen-bond acceptors (Lipinski definition) is 1. The van der Waals surface area contributed by atoms with Gasteiger partial charge in [-0.25, -0.2) is 22.0 Å². The van der Waals surface area contributed by atoms with E-state index in [0.717, 1.165) is 51.0 Å². The summed E-state index contributed by atoms with van der Waals surface area (Å²) in [5.74, 6) is -6.34. The lowest BCUT2D eigenvalue weighted by molar-refractivity contribution is -0.0746. The fourth-order valence-electron chi connectivity index (χ4n) is 4.51. The Labute approximate surface area is 179 Å². The normalized spacial score (nSPS) is 19.1. The van der Waals surface area contributed by atoms with Gasteiger partial charge in [0.25, 0.3) is 5.92 Å². The fraction of sp³-hybridized carbons (Fsp3) is 0.500. The maximum Gasteiger partial charge on any atom is 0.254 e. The molecule has 0 bridgehead atoms. The summed E-state index contributed by atoms with van der Waals surface area (Å²) < 4.78 is 76.7. The summed E-state index contributed by atoms with van der Waals surface area (Å²) in [4.78, 5) is 0. The smallest absolute Gasteiger partial charge is 0.254 e. The molecule has 2 aromatic rings. The maximum absolute atomic E-state index is 14.8. The minimum atomic E-state index is -2.91. The van der Waals surface area contributed by atoms with E-state index in [1.807, 2.05) is 0 Å². The minimum absolute atomic E-state index is 0. The standard InChI is InChI=1S/C24H27F5O.FH/c1-3-4-15-5-8-18(9-6-15)24(28,29)14-16-7-10-19(20(25)11-16)17-12-21(26)23(30-2)22(27)13-17;/h7,10-13,15,18H,3-6,8-9,14H2,1-2H3;1H. The highest BCUT2D eigenvalue weighted by Crippen LogP contribution is 2.42. The summed E-state index contributed by atoms with van der Waals surface area (Å²) in [6.07, 6.45) is 4.22. The Morgan fingerprint density at radius 2 is 1.55 bits per heavy atom. The Hall–Kier alpha value is -2.18. The van der Waals surface area contributed by atoms with Crippen LogP contribution in [-0.4, -0.2) is 13.0 Å². The molecule has 1 saturated carbocycles. The number of alkyl halides is 2. The summed E-state index contributed by atoms with van der Waals surface area (Å²) in [5.41, 5.74) is 0.102. The molecule has 1 fully saturated rings. The molecule has 2 aromatic carbocycles. The summed E-state index contributed by atoms with van der Waals surface area (Å²) in [7, 11) is 1.13. The van der Waals surface area contributed by atoms with Crippen LogP contribution in [0.5, 0.6) is 5.75 Å². The SMILES string of the molecule is CCCC1CCC(C(F)(F)Cc2ccc(-c3cc(F)c(OC)c(F)c3)c(F)c2)CC1.F. The molecule has 0 amide bonds. The summed E-state index contributed by atoms with van der Waals surface area (Å²) >= 11 is 0. The highest BCUT2D eigenvalue weighted by atomic mass is 19.3. The van der Waals surface area contributed by atoms with Crippen LogP contribution in [0.25, 0.3) is 11.1 Å². The van der Waals surface area contributed by atoms with E-state index in [-0.39, 0.29) is 21.4 Å². The van der Waals surface area contributed by atoms with Gasteiger partial charge in [-0.3, -0.25) is 4.70 Å². The summed E-state index contributed by atoms with van der Waals surface area (Å²) in [6.45, 7) is 2.10. The first-order valence-electron chi connectivity index (χ1n) is 10.4. The second-order valence-corrected chi connectivity index (χ2v) is 8.23. The zero-order valence-corrected chi connectivity index (χ0v) is 17.7. The monoisotopic (exact) mass is 446 g/mol. The van der Waals surface area contributed by atoms with Crippen LogP contribution in [0.1, 0.15) is 51.0 Å². The van der Waals surface area contributed by atoms with Crippen molar-refractivity contribution in [3.05, 3.63) is 53.3 Å². The Morgan fingerprint density at radius 3 is 2.06 bits per heavy atom. The average Bonchev–Trinajstić information content (AvgIpc) is 2.68. The van der Waals surface area contributed by atoms with E-state index in [0.29, 0.717) is 18.8 Å². The molecule has 31 heavy (non-hydrogen) atoms. The van der Waals surface area contributed by atoms with Crippen molar-refractivity contribution >= 4 is 0 Å². The van der Waals surface area contributed by atoms with E-state index in [1.165, 1.54) is 12.1 Å². The molecule has 0 N–H and O–H groups in total. The van der Waals surface area contributed by atoms with Crippen LogP contribution in [0.15, 0.2) is 30.3 Å². The lowest BCUT2D eigenvalue weighted by atomic mass is 9.76. The first-order valence-corrected chi connectivity index (χ1v) is 10.4. The molecule has 1 aliphatic rings. The van der Waals surface area contributed by atoms with Crippen LogP contribution in [-0.2, 0) is 6.42 Å². The van der Waals surface area contributed by atoms with Gasteiger partial charge < -0.3 is 4.74 Å². The molecule has 0 atom stereocenters. The van der Waals surface area contributed by atoms with E-state index < -0.39 is 41.5 Å². The van der Waals surface area contributed by atoms with Crippen molar-refractivity contribution in [1.29, 1.82) is 0 Å². The molecule has 3 rings (SSSR count). The van der Waals surface area contributed by atoms with E-state index in [4.69, 9.17) is 0 Å². The van der Waals surface area contributed by atoms with Crippen molar-refractivity contribution in [2.45, 2.75) is 57.8 Å². The first-order chi connectivity index (χ1) is 14.2. The molecule has 0 aromatic heterocycles. The van der Waals surface area contributed by atoms with Crippen LogP contribution < -0.4 is 4.74 Å². The molecule has 0 saturated heterocycles. The third-order valence-electron chi connectivity index (χ3n) is 6.13. The number of benzene rings is 2. The lowest BCUT2D eigenvalue weighted by Gasteiger charge is -2.33. The molecule has 0 radical (unpaired) electrons. The van der Waals surface area contributed by atoms with Crippen molar-refractivity contribution in [1.82, 2.24) is 0 Å². The number of halogens is 6. The summed E-state index contributed by atoms with van der Waals surface area (Å²) in [5, 5.41) is 0. The van der Waals surface area contributed by atoms with Gasteiger partial charge in [-0.1, -0.05) is 31.9 Å². The molecular weight excluding hydrogens is 418 g/mol. The van der Waals surface area contributed by atoms with Gasteiger partial charge in [0.1, 0.15) is 5.82 Å². The number of rotatable bonds is 7. The van der Waals surface area contributed by atoms with Gasteiger partial charge in [0, 0.05) is 17.9 Å². The molecule has 0 aliphatic heterocycles. The van der Waals surface area contributed by atoms with Gasteiger partial charge in [-0.15, -0.1) is 0 Å². The van der Waals surface area contributed by atoms with Gasteiger partial charge in [-0.05, 0) is 60.9 Å². The van der Waals surface area contributed by atoms with Crippen molar-refractivity contribution in [2.75, 3.05) is 7.11 Å². The van der Waals surface area contributed by atoms with Crippen LogP contribution in [0.3, 0.4) is 0 Å². The van der Waals surface area contributed by atoms with Crippen molar-refractivity contribution in [2.24, 2.45) is 11.8 Å². The summed E-state index contributed by atoms with van der Waals surface area (Å²) in [6, 6.07) is 5.65. The predicted molar refractivity (Wildman–Crippen MR) is 110 cm³/mol. The molecule has 1 nitrogen and oxygen atoms in total. The van der Waals surface area contributed by atoms with Crippen molar-refractivity contribution in [3.63, 3.8) is 0 Å². The van der Waals surface area contributed by atoms with Gasteiger partial charge >= 0.3 is 0 Å². The van der Waals surface area contributed by atoms with E-state index in [2.05, 4.69) is 11.7 Å². The highest BCUT2D eigenvalue weighted by molar-refractivity contribution is 5.65. The Kier molecular flexibility index (Phi) is 8.43. The van der Waals surface area contributed by atoms with Crippen molar-refractivity contribution < 1.29 is 31.4 Å². The van der Waals surface area contributed by atoms with Gasteiger partial charge in [-0.2, -0.15) is 0 Å². The molecule has 0 unspecified atom stereocenters. The third kappa shape index (κ3) is 5.74. The zero-order valence-electron chi connectivity index (χ0n) is 17.7. The van der Waals surface area contributed by atoms with E-state index in [9.17, 15) is 22.0 Å². The topological polar surface area (TPSA) is 9.23 Å². The third-order valence-corrected chi connectivity index (χ3v) is 6.13. The molecule has 7 heteroatoms. The van der Waals surface area contributed by atoms with Crippen molar-refractivity contribution in [3.8, 4) is 16.9 Å². The molecule has 0 heterocycles. The fourth-order valence-corrected chi connectivity index (χ4v) is 4.51.